The summed E-state index contributed by atoms with van der Waals surface area (Å²) in [6.07, 6.45) is 0. The first-order chi connectivity index (χ1) is 12.0. The second-order valence-electron chi connectivity index (χ2n) is 4.87. The minimum atomic E-state index is -0.445. The number of esters is 1. The second kappa shape index (κ2) is 9.03. The fraction of sp³-hybridized carbons (Fsp3) is 0.353. The van der Waals surface area contributed by atoms with E-state index in [-0.39, 0.29) is 19.1 Å². The third-order valence-electron chi connectivity index (χ3n) is 3.01. The maximum Gasteiger partial charge on any atom is 0.350 e. The normalized spacial score (nSPS) is 10.2. The highest BCUT2D eigenvalue weighted by Crippen LogP contribution is 2.26. The van der Waals surface area contributed by atoms with Crippen molar-refractivity contribution in [2.45, 2.75) is 20.8 Å². The van der Waals surface area contributed by atoms with Gasteiger partial charge in [0.1, 0.15) is 4.88 Å². The van der Waals surface area contributed by atoms with Crippen molar-refractivity contribution in [3.8, 4) is 11.5 Å². The topological polar surface area (TPSA) is 86.8 Å². The molecule has 1 aromatic heterocycles. The molecule has 0 radical (unpaired) electrons. The van der Waals surface area contributed by atoms with Gasteiger partial charge in [0.15, 0.2) is 23.2 Å². The summed E-state index contributed by atoms with van der Waals surface area (Å²) in [6, 6.07) is 7.12. The Morgan fingerprint density at radius 1 is 1.12 bits per heavy atom. The van der Waals surface area contributed by atoms with Gasteiger partial charge in [-0.3, -0.25) is 10.1 Å². The van der Waals surface area contributed by atoms with E-state index in [1.807, 2.05) is 13.0 Å². The smallest absolute Gasteiger partial charge is 0.350 e. The summed E-state index contributed by atoms with van der Waals surface area (Å²) in [7, 11) is 0. The van der Waals surface area contributed by atoms with Crippen molar-refractivity contribution in [2.75, 3.05) is 25.1 Å². The molecule has 7 nitrogen and oxygen atoms in total. The highest BCUT2D eigenvalue weighted by Gasteiger charge is 2.17. The number of anilines is 1. The van der Waals surface area contributed by atoms with E-state index in [1.165, 1.54) is 0 Å². The number of hydrogen-bond acceptors (Lipinski definition) is 7. The number of carbonyl (C=O) groups is 2. The van der Waals surface area contributed by atoms with Crippen LogP contribution in [0.1, 0.15) is 29.2 Å². The molecule has 0 saturated carbocycles. The SMILES string of the molecule is CCOC(=O)c1sc(NC(=O)COc2ccccc2OCC)nc1C. The van der Waals surface area contributed by atoms with Gasteiger partial charge in [0.2, 0.25) is 0 Å². The molecule has 0 unspecified atom stereocenters. The zero-order valence-electron chi connectivity index (χ0n) is 14.3. The minimum absolute atomic E-state index is 0.197. The van der Waals surface area contributed by atoms with Crippen molar-refractivity contribution >= 4 is 28.3 Å². The number of rotatable bonds is 8. The highest BCUT2D eigenvalue weighted by atomic mass is 32.1. The van der Waals surface area contributed by atoms with Crippen molar-refractivity contribution in [1.82, 2.24) is 4.98 Å². The number of nitrogens with zero attached hydrogens (tertiary/aromatic N) is 1. The molecule has 0 spiro atoms. The summed E-state index contributed by atoms with van der Waals surface area (Å²) in [4.78, 5) is 28.4. The van der Waals surface area contributed by atoms with E-state index in [4.69, 9.17) is 14.2 Å². The first-order valence-corrected chi connectivity index (χ1v) is 8.65. The molecular formula is C17H20N2O5S. The van der Waals surface area contributed by atoms with Crippen LogP contribution >= 0.6 is 11.3 Å². The molecule has 1 heterocycles. The standard InChI is InChI=1S/C17H20N2O5S/c1-4-22-12-8-6-7-9-13(12)24-10-14(20)19-17-18-11(3)15(25-17)16(21)23-5-2/h6-9H,4-5,10H2,1-3H3,(H,18,19,20). The number of nitrogens with one attached hydrogen (secondary N) is 1. The van der Waals surface area contributed by atoms with E-state index in [0.29, 0.717) is 33.8 Å². The first kappa shape index (κ1) is 18.7. The number of ether oxygens (including phenoxy) is 3. The molecule has 0 bridgehead atoms. The predicted molar refractivity (Wildman–Crippen MR) is 94.5 cm³/mol. The number of carbonyl (C=O) groups excluding carboxylic acids is 2. The number of amides is 1. The lowest BCUT2D eigenvalue weighted by atomic mass is 10.3. The van der Waals surface area contributed by atoms with Gasteiger partial charge in [-0.2, -0.15) is 0 Å². The molecule has 2 rings (SSSR count). The summed E-state index contributed by atoms with van der Waals surface area (Å²) >= 11 is 1.07. The summed E-state index contributed by atoms with van der Waals surface area (Å²) < 4.78 is 15.9. The van der Waals surface area contributed by atoms with Crippen molar-refractivity contribution in [3.63, 3.8) is 0 Å². The Kier molecular flexibility index (Phi) is 6.76. The van der Waals surface area contributed by atoms with Gasteiger partial charge >= 0.3 is 5.97 Å². The second-order valence-corrected chi connectivity index (χ2v) is 5.87. The lowest BCUT2D eigenvalue weighted by molar-refractivity contribution is -0.118. The van der Waals surface area contributed by atoms with E-state index in [1.54, 1.807) is 32.0 Å². The van der Waals surface area contributed by atoms with Crippen LogP contribution in [0.15, 0.2) is 24.3 Å². The van der Waals surface area contributed by atoms with Crippen LogP contribution in [-0.4, -0.2) is 36.7 Å². The van der Waals surface area contributed by atoms with Gasteiger partial charge in [0, 0.05) is 0 Å². The van der Waals surface area contributed by atoms with E-state index >= 15 is 0 Å². The van der Waals surface area contributed by atoms with Gasteiger partial charge in [-0.1, -0.05) is 23.5 Å². The lowest BCUT2D eigenvalue weighted by Crippen LogP contribution is -2.20. The molecular weight excluding hydrogens is 344 g/mol. The highest BCUT2D eigenvalue weighted by molar-refractivity contribution is 7.17. The molecule has 2 aromatic rings. The molecule has 0 atom stereocenters. The molecule has 1 N–H and O–H groups in total. The summed E-state index contributed by atoms with van der Waals surface area (Å²) in [5.74, 6) is 0.241. The van der Waals surface area contributed by atoms with Crippen molar-refractivity contribution in [2.24, 2.45) is 0 Å². The van der Waals surface area contributed by atoms with Gasteiger partial charge in [0.05, 0.1) is 18.9 Å². The Labute approximate surface area is 149 Å². The van der Waals surface area contributed by atoms with Crippen LogP contribution in [-0.2, 0) is 9.53 Å². The summed E-state index contributed by atoms with van der Waals surface area (Å²) in [5.41, 5.74) is 0.515. The number of benzene rings is 1. The van der Waals surface area contributed by atoms with Crippen LogP contribution in [0.3, 0.4) is 0 Å². The number of para-hydroxylation sites is 2. The van der Waals surface area contributed by atoms with Gasteiger partial charge in [-0.05, 0) is 32.9 Å². The van der Waals surface area contributed by atoms with Crippen LogP contribution in [0.5, 0.6) is 11.5 Å². The Morgan fingerprint density at radius 2 is 1.80 bits per heavy atom. The fourth-order valence-corrected chi connectivity index (χ4v) is 2.86. The van der Waals surface area contributed by atoms with E-state index in [2.05, 4.69) is 10.3 Å². The summed E-state index contributed by atoms with van der Waals surface area (Å²) in [5, 5.41) is 2.94. The number of aromatic nitrogens is 1. The molecule has 0 aliphatic carbocycles. The maximum atomic E-state index is 12.0. The van der Waals surface area contributed by atoms with Crippen LogP contribution in [0.2, 0.25) is 0 Å². The molecule has 1 aromatic carbocycles. The Balaban J connectivity index is 1.95. The third-order valence-corrected chi connectivity index (χ3v) is 4.06. The molecule has 0 aliphatic rings. The van der Waals surface area contributed by atoms with Crippen LogP contribution in [0.25, 0.3) is 0 Å². The largest absolute Gasteiger partial charge is 0.490 e. The molecule has 1 amide bonds. The van der Waals surface area contributed by atoms with Crippen LogP contribution in [0, 0.1) is 6.92 Å². The number of thiazole rings is 1. The predicted octanol–water partition coefficient (Wildman–Crippen LogP) is 3.04. The van der Waals surface area contributed by atoms with E-state index in [0.717, 1.165) is 11.3 Å². The number of aryl methyl sites for hydroxylation is 1. The zero-order valence-corrected chi connectivity index (χ0v) is 15.1. The Hall–Kier alpha value is -2.61. The van der Waals surface area contributed by atoms with Crippen molar-refractivity contribution in [3.05, 3.63) is 34.8 Å². The molecule has 25 heavy (non-hydrogen) atoms. The molecule has 8 heteroatoms. The van der Waals surface area contributed by atoms with Gasteiger partial charge in [0.25, 0.3) is 5.91 Å². The quantitative estimate of drug-likeness (QED) is 0.725. The monoisotopic (exact) mass is 364 g/mol. The van der Waals surface area contributed by atoms with E-state index in [9.17, 15) is 9.59 Å². The zero-order chi connectivity index (χ0) is 18.2. The first-order valence-electron chi connectivity index (χ1n) is 7.84. The lowest BCUT2D eigenvalue weighted by Gasteiger charge is -2.10. The third kappa shape index (κ3) is 5.18. The van der Waals surface area contributed by atoms with Gasteiger partial charge < -0.3 is 14.2 Å². The molecule has 0 fully saturated rings. The molecule has 0 saturated heterocycles. The maximum absolute atomic E-state index is 12.0. The van der Waals surface area contributed by atoms with Crippen molar-refractivity contribution in [1.29, 1.82) is 0 Å². The van der Waals surface area contributed by atoms with Gasteiger partial charge in [-0.15, -0.1) is 0 Å². The number of hydrogen-bond donors (Lipinski definition) is 1. The average molecular weight is 364 g/mol. The Bertz CT molecular complexity index is 744. The summed E-state index contributed by atoms with van der Waals surface area (Å²) in [6.45, 7) is 5.88. The average Bonchev–Trinajstić information content (AvgIpc) is 2.95. The van der Waals surface area contributed by atoms with Crippen molar-refractivity contribution < 1.29 is 23.8 Å². The minimum Gasteiger partial charge on any atom is -0.490 e. The van der Waals surface area contributed by atoms with Crippen LogP contribution < -0.4 is 14.8 Å². The van der Waals surface area contributed by atoms with Gasteiger partial charge in [-0.25, -0.2) is 9.78 Å². The fourth-order valence-electron chi connectivity index (χ4n) is 1.98. The van der Waals surface area contributed by atoms with E-state index < -0.39 is 5.97 Å². The van der Waals surface area contributed by atoms with Crippen LogP contribution in [0.4, 0.5) is 5.13 Å². The molecule has 134 valence electrons. The molecule has 0 aliphatic heterocycles. The Morgan fingerprint density at radius 3 is 2.44 bits per heavy atom.